The van der Waals surface area contributed by atoms with Gasteiger partial charge in [0.05, 0.1) is 5.97 Å². The molecule has 94 valence electrons. The Morgan fingerprint density at radius 3 is 2.05 bits per heavy atom. The van der Waals surface area contributed by atoms with E-state index in [1.165, 1.54) is 18.2 Å². The van der Waals surface area contributed by atoms with E-state index < -0.39 is 5.97 Å². The highest BCUT2D eigenvalue weighted by molar-refractivity contribution is 6.12. The number of hydrogen-bond acceptors (Lipinski definition) is 3. The molecule has 2 aromatic carbocycles. The van der Waals surface area contributed by atoms with Crippen molar-refractivity contribution in [3.63, 3.8) is 0 Å². The second kappa shape index (κ2) is 5.78. The molecular weight excluding hydrogens is 240 g/mol. The van der Waals surface area contributed by atoms with Crippen molar-refractivity contribution in [3.8, 4) is 0 Å². The van der Waals surface area contributed by atoms with Gasteiger partial charge in [0, 0.05) is 11.1 Å². The molecule has 0 atom stereocenters. The lowest BCUT2D eigenvalue weighted by Crippen LogP contribution is -2.24. The summed E-state index contributed by atoms with van der Waals surface area (Å²) < 4.78 is 0. The fourth-order valence-corrected chi connectivity index (χ4v) is 1.70. The van der Waals surface area contributed by atoms with E-state index in [1.54, 1.807) is 18.2 Å². The van der Waals surface area contributed by atoms with Crippen molar-refractivity contribution in [2.75, 3.05) is 0 Å². The molecule has 0 aliphatic heterocycles. The van der Waals surface area contributed by atoms with Crippen molar-refractivity contribution in [2.24, 2.45) is 0 Å². The zero-order valence-electron chi connectivity index (χ0n) is 10.1. The smallest absolute Gasteiger partial charge is 0.186 e. The predicted octanol–water partition coefficient (Wildman–Crippen LogP) is 1.95. The first kappa shape index (κ1) is 12.8. The largest absolute Gasteiger partial charge is 0.545 e. The number of carboxylic acid groups (broad SMARTS) is 1. The molecule has 19 heavy (non-hydrogen) atoms. The highest BCUT2D eigenvalue weighted by Crippen LogP contribution is 2.10. The van der Waals surface area contributed by atoms with Gasteiger partial charge < -0.3 is 9.90 Å². The molecule has 0 radical (unpaired) electrons. The van der Waals surface area contributed by atoms with Gasteiger partial charge >= 0.3 is 0 Å². The molecule has 0 aliphatic carbocycles. The molecule has 2 rings (SSSR count). The first-order valence-electron chi connectivity index (χ1n) is 5.76. The summed E-state index contributed by atoms with van der Waals surface area (Å²) in [6.07, 6.45) is 3.01. The van der Waals surface area contributed by atoms with Crippen molar-refractivity contribution in [2.45, 2.75) is 0 Å². The number of benzene rings is 2. The van der Waals surface area contributed by atoms with Crippen molar-refractivity contribution >= 4 is 17.8 Å². The number of rotatable bonds is 4. The fraction of sp³-hybridized carbons (Fsp3) is 0. The average Bonchev–Trinajstić information content (AvgIpc) is 2.46. The van der Waals surface area contributed by atoms with E-state index in [2.05, 4.69) is 0 Å². The molecular formula is C16H11O3-. The minimum absolute atomic E-state index is 0.0924. The molecule has 3 nitrogen and oxygen atoms in total. The third-order valence-corrected chi connectivity index (χ3v) is 2.64. The molecule has 0 unspecified atom stereocenters. The van der Waals surface area contributed by atoms with Gasteiger partial charge in [0.2, 0.25) is 0 Å². The molecule has 2 aromatic rings. The fourth-order valence-electron chi connectivity index (χ4n) is 1.70. The van der Waals surface area contributed by atoms with Crippen LogP contribution >= 0.6 is 0 Å². The summed E-state index contributed by atoms with van der Waals surface area (Å²) in [6, 6.07) is 15.3. The van der Waals surface area contributed by atoms with Crippen LogP contribution in [0.5, 0.6) is 0 Å². The Morgan fingerprint density at radius 2 is 1.42 bits per heavy atom. The predicted molar refractivity (Wildman–Crippen MR) is 70.6 cm³/mol. The lowest BCUT2D eigenvalue weighted by Gasteiger charge is -2.06. The number of aromatic carboxylic acids is 1. The molecule has 0 spiro atoms. The summed E-state index contributed by atoms with van der Waals surface area (Å²) >= 11 is 0. The summed E-state index contributed by atoms with van der Waals surface area (Å²) in [4.78, 5) is 22.9. The van der Waals surface area contributed by atoms with Crippen LogP contribution in [-0.2, 0) is 0 Å². The SMILES string of the molecule is O=C([O-])c1ccccc1C(=O)/C=C/c1ccccc1. The van der Waals surface area contributed by atoms with Gasteiger partial charge in [-0.15, -0.1) is 0 Å². The van der Waals surface area contributed by atoms with E-state index in [9.17, 15) is 14.7 Å². The molecule has 0 bridgehead atoms. The molecule has 0 amide bonds. The van der Waals surface area contributed by atoms with Crippen LogP contribution in [0.25, 0.3) is 6.08 Å². The van der Waals surface area contributed by atoms with Gasteiger partial charge in [-0.2, -0.15) is 0 Å². The van der Waals surface area contributed by atoms with Gasteiger partial charge in [-0.05, 0) is 11.6 Å². The number of carbonyl (C=O) groups is 2. The number of ketones is 1. The maximum absolute atomic E-state index is 12.0. The van der Waals surface area contributed by atoms with Crippen molar-refractivity contribution < 1.29 is 14.7 Å². The van der Waals surface area contributed by atoms with Crippen LogP contribution in [0, 0.1) is 0 Å². The van der Waals surface area contributed by atoms with Crippen LogP contribution in [0.15, 0.2) is 60.7 Å². The number of carboxylic acids is 1. The molecule has 0 saturated heterocycles. The van der Waals surface area contributed by atoms with E-state index >= 15 is 0 Å². The van der Waals surface area contributed by atoms with Gasteiger partial charge in [-0.25, -0.2) is 0 Å². The van der Waals surface area contributed by atoms with Crippen LogP contribution in [0.4, 0.5) is 0 Å². The topological polar surface area (TPSA) is 57.2 Å². The Kier molecular flexibility index (Phi) is 3.88. The highest BCUT2D eigenvalue weighted by atomic mass is 16.4. The molecule has 0 N–H and O–H groups in total. The standard InChI is InChI=1S/C16H12O3/c17-15(11-10-12-6-2-1-3-7-12)13-8-4-5-9-14(13)16(18)19/h1-11H,(H,18,19)/p-1/b11-10+. The van der Waals surface area contributed by atoms with Crippen LogP contribution in [0.3, 0.4) is 0 Å². The summed E-state index contributed by atoms with van der Waals surface area (Å²) in [7, 11) is 0. The van der Waals surface area contributed by atoms with E-state index in [0.29, 0.717) is 0 Å². The molecule has 0 heterocycles. The lowest BCUT2D eigenvalue weighted by atomic mass is 10.0. The minimum Gasteiger partial charge on any atom is -0.545 e. The van der Waals surface area contributed by atoms with Gasteiger partial charge in [0.15, 0.2) is 5.78 Å². The van der Waals surface area contributed by atoms with Crippen molar-refractivity contribution in [3.05, 3.63) is 77.4 Å². The molecule has 0 saturated carbocycles. The zero-order chi connectivity index (χ0) is 13.7. The number of hydrogen-bond donors (Lipinski definition) is 0. The van der Waals surface area contributed by atoms with Crippen LogP contribution in [-0.4, -0.2) is 11.8 Å². The van der Waals surface area contributed by atoms with Crippen LogP contribution in [0.2, 0.25) is 0 Å². The third kappa shape index (κ3) is 3.16. The van der Waals surface area contributed by atoms with Crippen molar-refractivity contribution in [1.29, 1.82) is 0 Å². The van der Waals surface area contributed by atoms with Crippen molar-refractivity contribution in [1.82, 2.24) is 0 Å². The molecule has 0 aromatic heterocycles. The van der Waals surface area contributed by atoms with E-state index in [1.807, 2.05) is 30.3 Å². The summed E-state index contributed by atoms with van der Waals surface area (Å²) in [6.45, 7) is 0. The second-order valence-electron chi connectivity index (χ2n) is 3.94. The average molecular weight is 251 g/mol. The van der Waals surface area contributed by atoms with Gasteiger partial charge in [-0.3, -0.25) is 4.79 Å². The maximum atomic E-state index is 12.0. The lowest BCUT2D eigenvalue weighted by molar-refractivity contribution is -0.255. The first-order valence-corrected chi connectivity index (χ1v) is 5.76. The number of allylic oxidation sites excluding steroid dienone is 1. The summed E-state index contributed by atoms with van der Waals surface area (Å²) in [5.41, 5.74) is 0.918. The molecule has 0 aliphatic rings. The third-order valence-electron chi connectivity index (χ3n) is 2.64. The Balaban J connectivity index is 2.26. The van der Waals surface area contributed by atoms with Gasteiger partial charge in [0.1, 0.15) is 0 Å². The van der Waals surface area contributed by atoms with Crippen LogP contribution in [0.1, 0.15) is 26.3 Å². The zero-order valence-corrected chi connectivity index (χ0v) is 10.1. The monoisotopic (exact) mass is 251 g/mol. The molecule has 0 fully saturated rings. The van der Waals surface area contributed by atoms with E-state index in [-0.39, 0.29) is 16.9 Å². The van der Waals surface area contributed by atoms with Crippen LogP contribution < -0.4 is 5.11 Å². The highest BCUT2D eigenvalue weighted by Gasteiger charge is 2.08. The summed E-state index contributed by atoms with van der Waals surface area (Å²) in [5.74, 6) is -1.71. The Bertz CT molecular complexity index is 627. The van der Waals surface area contributed by atoms with E-state index in [4.69, 9.17) is 0 Å². The van der Waals surface area contributed by atoms with E-state index in [0.717, 1.165) is 5.56 Å². The first-order chi connectivity index (χ1) is 9.18. The minimum atomic E-state index is -1.35. The quantitative estimate of drug-likeness (QED) is 0.616. The maximum Gasteiger partial charge on any atom is 0.186 e. The van der Waals surface area contributed by atoms with Gasteiger partial charge in [-0.1, -0.05) is 60.7 Å². The van der Waals surface area contributed by atoms with Gasteiger partial charge in [0.25, 0.3) is 0 Å². The normalized spacial score (nSPS) is 10.5. The Labute approximate surface area is 110 Å². The molecule has 3 heteroatoms. The number of carbonyl (C=O) groups excluding carboxylic acids is 2. The Morgan fingerprint density at radius 1 is 0.842 bits per heavy atom. The summed E-state index contributed by atoms with van der Waals surface area (Å²) in [5, 5.41) is 10.9. The Hall–Kier alpha value is -2.68. The second-order valence-corrected chi connectivity index (χ2v) is 3.94.